The minimum atomic E-state index is -2.40. The van der Waals surface area contributed by atoms with E-state index in [0.29, 0.717) is 0 Å². The number of hydrogen-bond donors (Lipinski definition) is 0. The molecule has 0 unspecified atom stereocenters. The van der Waals surface area contributed by atoms with Crippen molar-refractivity contribution < 1.29 is 0 Å². The molecule has 0 N–H and O–H groups in total. The van der Waals surface area contributed by atoms with Gasteiger partial charge in [-0.15, -0.1) is 0 Å². The molecule has 0 fully saturated rings. The summed E-state index contributed by atoms with van der Waals surface area (Å²) in [6.45, 7) is 0. The largest absolute Gasteiger partial charge is 0.182 e. The van der Waals surface area contributed by atoms with E-state index in [1.165, 1.54) is 43.0 Å². The first-order valence-corrected chi connectivity index (χ1v) is 13.5. The standard InChI is InChI=1S/C24H12Br2Cl2Si/c25-13-1-5-21-17(9-13)18-10-14(26)2-6-22(18)29(21)23-7-3-15(27)11-19(23)20-12-16(28)4-8-24(20)29/h1-12H. The fraction of sp³-hybridized carbons (Fsp3) is 0. The summed E-state index contributed by atoms with van der Waals surface area (Å²) in [5.41, 5.74) is 5.05. The van der Waals surface area contributed by atoms with E-state index >= 15 is 0 Å². The van der Waals surface area contributed by atoms with E-state index in [2.05, 4.69) is 92.5 Å². The third-order valence-electron chi connectivity index (χ3n) is 6.12. The van der Waals surface area contributed by atoms with Crippen molar-refractivity contribution in [2.24, 2.45) is 0 Å². The highest BCUT2D eigenvalue weighted by molar-refractivity contribution is 9.10. The van der Waals surface area contributed by atoms with Crippen LogP contribution in [0.1, 0.15) is 0 Å². The average molecular weight is 559 g/mol. The lowest BCUT2D eigenvalue weighted by atomic mass is 10.1. The van der Waals surface area contributed by atoms with E-state index in [4.69, 9.17) is 23.2 Å². The quantitative estimate of drug-likeness (QED) is 0.205. The van der Waals surface area contributed by atoms with Crippen LogP contribution < -0.4 is 20.7 Å². The molecule has 5 heteroatoms. The van der Waals surface area contributed by atoms with E-state index in [9.17, 15) is 0 Å². The summed E-state index contributed by atoms with van der Waals surface area (Å²) in [6, 6.07) is 26.2. The molecule has 4 aromatic rings. The molecule has 0 aliphatic carbocycles. The van der Waals surface area contributed by atoms with Crippen molar-refractivity contribution in [3.05, 3.63) is 91.8 Å². The number of hydrogen-bond acceptors (Lipinski definition) is 0. The minimum Gasteiger partial charge on any atom is -0.0843 e. The van der Waals surface area contributed by atoms with Gasteiger partial charge in [-0.2, -0.15) is 0 Å². The highest BCUT2D eigenvalue weighted by Crippen LogP contribution is 2.39. The van der Waals surface area contributed by atoms with E-state index in [1.54, 1.807) is 0 Å². The fourth-order valence-corrected chi connectivity index (χ4v) is 11.7. The molecule has 0 saturated carbocycles. The van der Waals surface area contributed by atoms with Crippen molar-refractivity contribution in [2.45, 2.75) is 0 Å². The maximum atomic E-state index is 6.44. The molecule has 0 nitrogen and oxygen atoms in total. The summed E-state index contributed by atoms with van der Waals surface area (Å²) in [5, 5.41) is 7.15. The van der Waals surface area contributed by atoms with Gasteiger partial charge in [-0.3, -0.25) is 0 Å². The van der Waals surface area contributed by atoms with Gasteiger partial charge in [0.15, 0.2) is 8.07 Å². The Balaban J connectivity index is 1.85. The molecule has 0 aromatic heterocycles. The van der Waals surface area contributed by atoms with Crippen LogP contribution in [0, 0.1) is 0 Å². The van der Waals surface area contributed by atoms with Crippen molar-refractivity contribution in [3.63, 3.8) is 0 Å². The van der Waals surface area contributed by atoms with E-state index in [0.717, 1.165) is 19.0 Å². The molecule has 2 aliphatic rings. The lowest BCUT2D eigenvalue weighted by Crippen LogP contribution is -2.70. The molecule has 0 amide bonds. The summed E-state index contributed by atoms with van der Waals surface area (Å²) < 4.78 is 2.19. The van der Waals surface area contributed by atoms with Gasteiger partial charge in [0.1, 0.15) is 0 Å². The summed E-state index contributed by atoms with van der Waals surface area (Å²) in [5.74, 6) is 0. The molecule has 2 heterocycles. The minimum absolute atomic E-state index is 0.755. The van der Waals surface area contributed by atoms with Crippen molar-refractivity contribution in [2.75, 3.05) is 0 Å². The van der Waals surface area contributed by atoms with Crippen LogP contribution in [0.15, 0.2) is 81.7 Å². The number of rotatable bonds is 0. The van der Waals surface area contributed by atoms with Crippen LogP contribution in [-0.2, 0) is 0 Å². The lowest BCUT2D eigenvalue weighted by Gasteiger charge is -2.27. The molecule has 2 aliphatic heterocycles. The highest BCUT2D eigenvalue weighted by atomic mass is 79.9. The molecular weight excluding hydrogens is 547 g/mol. The van der Waals surface area contributed by atoms with Gasteiger partial charge in [0.05, 0.1) is 0 Å². The van der Waals surface area contributed by atoms with Gasteiger partial charge < -0.3 is 0 Å². The zero-order chi connectivity index (χ0) is 19.9. The van der Waals surface area contributed by atoms with Gasteiger partial charge in [0.2, 0.25) is 0 Å². The predicted octanol–water partition coefficient (Wildman–Crippen LogP) is 5.86. The number of halogens is 4. The zero-order valence-electron chi connectivity index (χ0n) is 14.9. The van der Waals surface area contributed by atoms with Gasteiger partial charge in [-0.05, 0) is 91.5 Å². The Labute approximate surface area is 196 Å². The molecule has 0 radical (unpaired) electrons. The lowest BCUT2D eigenvalue weighted by molar-refractivity contribution is 1.64. The van der Waals surface area contributed by atoms with Crippen LogP contribution in [0.5, 0.6) is 0 Å². The van der Waals surface area contributed by atoms with Crippen LogP contribution in [0.2, 0.25) is 10.0 Å². The van der Waals surface area contributed by atoms with Crippen LogP contribution in [-0.4, -0.2) is 8.07 Å². The Morgan fingerprint density at radius 3 is 1.24 bits per heavy atom. The number of benzene rings is 4. The zero-order valence-corrected chi connectivity index (χ0v) is 20.6. The molecule has 0 atom stereocenters. The molecular formula is C24H12Br2Cl2Si. The molecule has 6 rings (SSSR count). The Morgan fingerprint density at radius 1 is 0.483 bits per heavy atom. The van der Waals surface area contributed by atoms with Crippen LogP contribution >= 0.6 is 55.1 Å². The fourth-order valence-electron chi connectivity index (χ4n) is 5.14. The van der Waals surface area contributed by atoms with Gasteiger partial charge >= 0.3 is 0 Å². The predicted molar refractivity (Wildman–Crippen MR) is 133 cm³/mol. The third kappa shape index (κ3) is 2.37. The van der Waals surface area contributed by atoms with Crippen LogP contribution in [0.25, 0.3) is 22.3 Å². The molecule has 0 bridgehead atoms. The molecule has 4 aromatic carbocycles. The first-order chi connectivity index (χ1) is 14.0. The van der Waals surface area contributed by atoms with Gasteiger partial charge in [-0.25, -0.2) is 0 Å². The SMILES string of the molecule is Clc1ccc2c(c1)-c1cc(Cl)ccc1[Si]21c2ccc(Br)cc2-c2cc(Br)ccc21. The molecule has 0 saturated heterocycles. The van der Waals surface area contributed by atoms with Gasteiger partial charge in [0.25, 0.3) is 0 Å². The van der Waals surface area contributed by atoms with Crippen LogP contribution in [0.3, 0.4) is 0 Å². The van der Waals surface area contributed by atoms with Gasteiger partial charge in [0, 0.05) is 19.0 Å². The van der Waals surface area contributed by atoms with E-state index in [1.807, 2.05) is 12.1 Å². The van der Waals surface area contributed by atoms with E-state index in [-0.39, 0.29) is 0 Å². The first kappa shape index (κ1) is 18.4. The van der Waals surface area contributed by atoms with Crippen molar-refractivity contribution in [1.82, 2.24) is 0 Å². The molecule has 140 valence electrons. The number of fused-ring (bicyclic) bond motifs is 10. The summed E-state index contributed by atoms with van der Waals surface area (Å²) >= 11 is 20.2. The maximum Gasteiger partial charge on any atom is 0.182 e. The molecule has 1 spiro atoms. The topological polar surface area (TPSA) is 0 Å². The Kier molecular flexibility index (Phi) is 4.01. The highest BCUT2D eigenvalue weighted by Gasteiger charge is 2.54. The van der Waals surface area contributed by atoms with Gasteiger partial charge in [-0.1, -0.05) is 79.3 Å². The normalized spacial score (nSPS) is 14.5. The summed E-state index contributed by atoms with van der Waals surface area (Å²) in [4.78, 5) is 0. The van der Waals surface area contributed by atoms with Crippen molar-refractivity contribution in [3.8, 4) is 22.3 Å². The van der Waals surface area contributed by atoms with Crippen molar-refractivity contribution in [1.29, 1.82) is 0 Å². The first-order valence-electron chi connectivity index (χ1n) is 9.21. The summed E-state index contributed by atoms with van der Waals surface area (Å²) in [6.07, 6.45) is 0. The smallest absolute Gasteiger partial charge is 0.0843 e. The van der Waals surface area contributed by atoms with E-state index < -0.39 is 8.07 Å². The second kappa shape index (κ2) is 6.32. The third-order valence-corrected chi connectivity index (χ3v) is 12.6. The Morgan fingerprint density at radius 2 is 0.828 bits per heavy atom. The second-order valence-corrected chi connectivity index (χ2v) is 13.9. The summed E-state index contributed by atoms with van der Waals surface area (Å²) in [7, 11) is -2.40. The van der Waals surface area contributed by atoms with Crippen LogP contribution in [0.4, 0.5) is 0 Å². The monoisotopic (exact) mass is 556 g/mol. The molecule has 29 heavy (non-hydrogen) atoms. The second-order valence-electron chi connectivity index (χ2n) is 7.51. The maximum absolute atomic E-state index is 6.44. The average Bonchev–Trinajstić information content (AvgIpc) is 3.13. The Bertz CT molecular complexity index is 1150. The Hall–Kier alpha value is -1.36. The van der Waals surface area contributed by atoms with Crippen molar-refractivity contribution >= 4 is 83.9 Å².